The van der Waals surface area contributed by atoms with Gasteiger partial charge in [-0.05, 0) is 31.2 Å². The second kappa shape index (κ2) is 6.48. The van der Waals surface area contributed by atoms with Crippen LogP contribution in [0.1, 0.15) is 20.3 Å². The topological polar surface area (TPSA) is 15.3 Å². The molecule has 1 aromatic carbocycles. The maximum Gasteiger partial charge on any atom is 0.125 e. The summed E-state index contributed by atoms with van der Waals surface area (Å²) in [4.78, 5) is 2.13. The standard InChI is InChI=1S/C13H21FN2/c1-4-12(10-15-5-2)16(3)13-8-6-7-11(14)9-13/h6-9,12,15H,4-5,10H2,1-3H3. The average molecular weight is 224 g/mol. The predicted octanol–water partition coefficient (Wildman–Crippen LogP) is 2.65. The van der Waals surface area contributed by atoms with Gasteiger partial charge in [0.15, 0.2) is 0 Å². The number of hydrogen-bond donors (Lipinski definition) is 1. The van der Waals surface area contributed by atoms with Crippen molar-refractivity contribution >= 4 is 5.69 Å². The van der Waals surface area contributed by atoms with Gasteiger partial charge in [0.25, 0.3) is 0 Å². The molecular weight excluding hydrogens is 203 g/mol. The van der Waals surface area contributed by atoms with Crippen LogP contribution in [0.15, 0.2) is 24.3 Å². The smallest absolute Gasteiger partial charge is 0.125 e. The van der Waals surface area contributed by atoms with Crippen molar-refractivity contribution in [2.24, 2.45) is 0 Å². The molecule has 90 valence electrons. The van der Waals surface area contributed by atoms with Crippen molar-refractivity contribution in [2.45, 2.75) is 26.3 Å². The van der Waals surface area contributed by atoms with Gasteiger partial charge in [0, 0.05) is 25.3 Å². The highest BCUT2D eigenvalue weighted by Gasteiger charge is 2.12. The number of nitrogens with zero attached hydrogens (tertiary/aromatic N) is 1. The summed E-state index contributed by atoms with van der Waals surface area (Å²) in [5, 5.41) is 3.33. The molecule has 0 saturated carbocycles. The van der Waals surface area contributed by atoms with E-state index >= 15 is 0 Å². The van der Waals surface area contributed by atoms with E-state index in [-0.39, 0.29) is 5.82 Å². The molecule has 0 aliphatic carbocycles. The van der Waals surface area contributed by atoms with Gasteiger partial charge in [-0.3, -0.25) is 0 Å². The molecule has 0 bridgehead atoms. The fourth-order valence-corrected chi connectivity index (χ4v) is 1.77. The Balaban J connectivity index is 2.70. The number of hydrogen-bond acceptors (Lipinski definition) is 2. The van der Waals surface area contributed by atoms with E-state index in [0.717, 1.165) is 25.2 Å². The van der Waals surface area contributed by atoms with E-state index in [1.807, 2.05) is 13.1 Å². The van der Waals surface area contributed by atoms with Crippen molar-refractivity contribution in [1.29, 1.82) is 0 Å². The van der Waals surface area contributed by atoms with Crippen LogP contribution in [0.4, 0.5) is 10.1 Å². The van der Waals surface area contributed by atoms with Crippen molar-refractivity contribution in [1.82, 2.24) is 5.32 Å². The van der Waals surface area contributed by atoms with Gasteiger partial charge in [-0.2, -0.15) is 0 Å². The molecular formula is C13H21FN2. The van der Waals surface area contributed by atoms with Gasteiger partial charge in [-0.25, -0.2) is 4.39 Å². The van der Waals surface area contributed by atoms with Gasteiger partial charge in [0.05, 0.1) is 0 Å². The van der Waals surface area contributed by atoms with Crippen LogP contribution in [0, 0.1) is 5.82 Å². The first kappa shape index (κ1) is 13.0. The Hall–Kier alpha value is -1.09. The minimum atomic E-state index is -0.178. The minimum absolute atomic E-state index is 0.178. The number of likely N-dealkylation sites (N-methyl/N-ethyl adjacent to an activating group) is 2. The largest absolute Gasteiger partial charge is 0.370 e. The van der Waals surface area contributed by atoms with Crippen molar-refractivity contribution in [2.75, 3.05) is 25.0 Å². The Labute approximate surface area is 97.5 Å². The van der Waals surface area contributed by atoms with E-state index in [0.29, 0.717) is 6.04 Å². The van der Waals surface area contributed by atoms with Crippen LogP contribution in [-0.4, -0.2) is 26.2 Å². The van der Waals surface area contributed by atoms with Crippen LogP contribution >= 0.6 is 0 Å². The average Bonchev–Trinajstić information content (AvgIpc) is 2.29. The molecule has 0 aromatic heterocycles. The van der Waals surface area contributed by atoms with E-state index in [9.17, 15) is 4.39 Å². The molecule has 0 radical (unpaired) electrons. The lowest BCUT2D eigenvalue weighted by Crippen LogP contribution is -2.39. The van der Waals surface area contributed by atoms with E-state index in [4.69, 9.17) is 0 Å². The second-order valence-electron chi connectivity index (χ2n) is 3.96. The van der Waals surface area contributed by atoms with Crippen molar-refractivity contribution in [3.63, 3.8) is 0 Å². The lowest BCUT2D eigenvalue weighted by atomic mass is 10.1. The molecule has 0 aliphatic heterocycles. The summed E-state index contributed by atoms with van der Waals surface area (Å²) < 4.78 is 13.1. The summed E-state index contributed by atoms with van der Waals surface area (Å²) in [7, 11) is 2.01. The number of nitrogens with one attached hydrogen (secondary N) is 1. The molecule has 1 rings (SSSR count). The molecule has 0 heterocycles. The molecule has 1 atom stereocenters. The Morgan fingerprint density at radius 3 is 2.69 bits per heavy atom. The number of rotatable bonds is 6. The Morgan fingerprint density at radius 2 is 2.12 bits per heavy atom. The molecule has 16 heavy (non-hydrogen) atoms. The lowest BCUT2D eigenvalue weighted by Gasteiger charge is -2.29. The Morgan fingerprint density at radius 1 is 1.38 bits per heavy atom. The summed E-state index contributed by atoms with van der Waals surface area (Å²) in [6.07, 6.45) is 1.04. The number of anilines is 1. The summed E-state index contributed by atoms with van der Waals surface area (Å²) in [6.45, 7) is 6.14. The maximum absolute atomic E-state index is 13.1. The third kappa shape index (κ3) is 3.49. The van der Waals surface area contributed by atoms with Gasteiger partial charge in [-0.15, -0.1) is 0 Å². The normalized spacial score (nSPS) is 12.5. The summed E-state index contributed by atoms with van der Waals surface area (Å²) in [5.74, 6) is -0.178. The summed E-state index contributed by atoms with van der Waals surface area (Å²) in [5.41, 5.74) is 0.935. The van der Waals surface area contributed by atoms with Gasteiger partial charge in [-0.1, -0.05) is 19.9 Å². The second-order valence-corrected chi connectivity index (χ2v) is 3.96. The molecule has 3 heteroatoms. The van der Waals surface area contributed by atoms with Crippen LogP contribution in [-0.2, 0) is 0 Å². The fraction of sp³-hybridized carbons (Fsp3) is 0.538. The first-order chi connectivity index (χ1) is 7.69. The molecule has 0 aliphatic rings. The first-order valence-corrected chi connectivity index (χ1v) is 5.88. The minimum Gasteiger partial charge on any atom is -0.370 e. The molecule has 1 unspecified atom stereocenters. The Bertz CT molecular complexity index is 315. The van der Waals surface area contributed by atoms with E-state index < -0.39 is 0 Å². The van der Waals surface area contributed by atoms with Crippen LogP contribution in [0.3, 0.4) is 0 Å². The van der Waals surface area contributed by atoms with E-state index in [1.54, 1.807) is 12.1 Å². The molecule has 0 spiro atoms. The maximum atomic E-state index is 13.1. The molecule has 2 nitrogen and oxygen atoms in total. The van der Waals surface area contributed by atoms with Crippen molar-refractivity contribution in [3.8, 4) is 0 Å². The Kier molecular flexibility index (Phi) is 5.26. The summed E-state index contributed by atoms with van der Waals surface area (Å²) >= 11 is 0. The molecule has 0 amide bonds. The van der Waals surface area contributed by atoms with Crippen molar-refractivity contribution in [3.05, 3.63) is 30.1 Å². The monoisotopic (exact) mass is 224 g/mol. The SMILES string of the molecule is CCNCC(CC)N(C)c1cccc(F)c1. The molecule has 1 N–H and O–H groups in total. The highest BCUT2D eigenvalue weighted by atomic mass is 19.1. The van der Waals surface area contributed by atoms with Gasteiger partial charge < -0.3 is 10.2 Å². The number of halogens is 1. The van der Waals surface area contributed by atoms with Crippen LogP contribution in [0.5, 0.6) is 0 Å². The van der Waals surface area contributed by atoms with Crippen molar-refractivity contribution < 1.29 is 4.39 Å². The van der Waals surface area contributed by atoms with Crippen LogP contribution in [0.25, 0.3) is 0 Å². The third-order valence-electron chi connectivity index (χ3n) is 2.86. The molecule has 1 aromatic rings. The molecule has 0 saturated heterocycles. The van der Waals surface area contributed by atoms with E-state index in [1.165, 1.54) is 6.07 Å². The van der Waals surface area contributed by atoms with Crippen LogP contribution < -0.4 is 10.2 Å². The van der Waals surface area contributed by atoms with Gasteiger partial charge in [0.2, 0.25) is 0 Å². The number of benzene rings is 1. The lowest BCUT2D eigenvalue weighted by molar-refractivity contribution is 0.549. The predicted molar refractivity (Wildman–Crippen MR) is 67.4 cm³/mol. The van der Waals surface area contributed by atoms with Gasteiger partial charge >= 0.3 is 0 Å². The fourth-order valence-electron chi connectivity index (χ4n) is 1.77. The highest BCUT2D eigenvalue weighted by Crippen LogP contribution is 2.17. The quantitative estimate of drug-likeness (QED) is 0.799. The van der Waals surface area contributed by atoms with Crippen LogP contribution in [0.2, 0.25) is 0 Å². The summed E-state index contributed by atoms with van der Waals surface area (Å²) in [6, 6.07) is 7.15. The molecule has 0 fully saturated rings. The zero-order chi connectivity index (χ0) is 12.0. The van der Waals surface area contributed by atoms with Gasteiger partial charge in [0.1, 0.15) is 5.82 Å². The first-order valence-electron chi connectivity index (χ1n) is 5.88. The highest BCUT2D eigenvalue weighted by molar-refractivity contribution is 5.46. The zero-order valence-corrected chi connectivity index (χ0v) is 10.3. The van der Waals surface area contributed by atoms with E-state index in [2.05, 4.69) is 24.1 Å². The third-order valence-corrected chi connectivity index (χ3v) is 2.86. The zero-order valence-electron chi connectivity index (χ0n) is 10.3.